The van der Waals surface area contributed by atoms with E-state index in [9.17, 15) is 13.5 Å². The van der Waals surface area contributed by atoms with Gasteiger partial charge in [0.15, 0.2) is 0 Å². The molecule has 0 aromatic heterocycles. The number of sulfonamides is 1. The summed E-state index contributed by atoms with van der Waals surface area (Å²) in [6.07, 6.45) is 0.356. The van der Waals surface area contributed by atoms with Crippen LogP contribution in [-0.2, 0) is 33.5 Å². The van der Waals surface area contributed by atoms with Crippen molar-refractivity contribution in [2.45, 2.75) is 30.0 Å². The van der Waals surface area contributed by atoms with Crippen LogP contribution in [0.25, 0.3) is 0 Å². The number of hydrogen-bond acceptors (Lipinski definition) is 9. The predicted octanol–water partition coefficient (Wildman–Crippen LogP) is 3.73. The molecule has 1 saturated heterocycles. The molecule has 1 atom stereocenters. The molecule has 1 N–H and O–H groups in total. The van der Waals surface area contributed by atoms with Crippen molar-refractivity contribution in [1.82, 2.24) is 4.31 Å². The Kier molecular flexibility index (Phi) is 9.09. The number of benzene rings is 3. The molecule has 3 aromatic rings. The van der Waals surface area contributed by atoms with Crippen LogP contribution < -0.4 is 23.7 Å². The van der Waals surface area contributed by atoms with Crippen molar-refractivity contribution >= 4 is 10.0 Å². The lowest BCUT2D eigenvalue weighted by Gasteiger charge is -2.27. The van der Waals surface area contributed by atoms with E-state index in [1.54, 1.807) is 62.8 Å². The highest BCUT2D eigenvalue weighted by Gasteiger charge is 2.37. The summed E-state index contributed by atoms with van der Waals surface area (Å²) in [4.78, 5) is -0.0761. The molecule has 0 spiro atoms. The molecular formula is C29H35NO9S. The summed E-state index contributed by atoms with van der Waals surface area (Å²) >= 11 is 0. The van der Waals surface area contributed by atoms with E-state index in [2.05, 4.69) is 0 Å². The molecule has 40 heavy (non-hydrogen) atoms. The minimum Gasteiger partial charge on any atom is -0.497 e. The van der Waals surface area contributed by atoms with Crippen LogP contribution in [-0.4, -0.2) is 66.6 Å². The molecule has 0 saturated carbocycles. The quantitative estimate of drug-likeness (QED) is 0.346. The average molecular weight is 574 g/mol. The number of ether oxygens (including phenoxy) is 6. The summed E-state index contributed by atoms with van der Waals surface area (Å²) in [7, 11) is 3.31. The van der Waals surface area contributed by atoms with E-state index in [0.717, 1.165) is 0 Å². The normalized spacial score (nSPS) is 17.1. The lowest BCUT2D eigenvalue weighted by atomic mass is 9.93. The van der Waals surface area contributed by atoms with Crippen molar-refractivity contribution in [2.75, 3.05) is 48.8 Å². The summed E-state index contributed by atoms with van der Waals surface area (Å²) in [5.74, 6) is 2.25. The summed E-state index contributed by atoms with van der Waals surface area (Å²) in [5.41, 5.74) is 0.391. The van der Waals surface area contributed by atoms with Gasteiger partial charge in [0.1, 0.15) is 39.2 Å². The molecular weight excluding hydrogens is 538 g/mol. The Balaban J connectivity index is 1.84. The second kappa shape index (κ2) is 12.3. The zero-order valence-electron chi connectivity index (χ0n) is 23.3. The first-order chi connectivity index (χ1) is 19.2. The maximum Gasteiger partial charge on any atom is 0.247 e. The number of methoxy groups -OCH3 is 5. The number of nitrogens with zero attached hydrogens (tertiary/aromatic N) is 1. The van der Waals surface area contributed by atoms with Crippen LogP contribution >= 0.6 is 0 Å². The fourth-order valence-electron chi connectivity index (χ4n) is 4.66. The van der Waals surface area contributed by atoms with Gasteiger partial charge in [-0.1, -0.05) is 18.2 Å². The zero-order chi connectivity index (χ0) is 28.9. The summed E-state index contributed by atoms with van der Waals surface area (Å²) in [5, 5.41) is 11.1. The smallest absolute Gasteiger partial charge is 0.247 e. The molecule has 1 fully saturated rings. The van der Waals surface area contributed by atoms with Gasteiger partial charge in [-0.15, -0.1) is 0 Å². The SMILES string of the molecule is COc1ccc(CN(Cc2ccc(OC)cc2OC)S(=O)(=O)c2cc(C3(O)CCOC3)ccc2OC)c(OC)c1. The fourth-order valence-corrected chi connectivity index (χ4v) is 6.24. The summed E-state index contributed by atoms with van der Waals surface area (Å²) in [6.45, 7) is 0.386. The minimum atomic E-state index is -4.22. The van der Waals surface area contributed by atoms with Gasteiger partial charge in [-0.2, -0.15) is 4.31 Å². The molecule has 216 valence electrons. The van der Waals surface area contributed by atoms with Crippen molar-refractivity contribution in [3.05, 3.63) is 71.3 Å². The van der Waals surface area contributed by atoms with E-state index in [-0.39, 0.29) is 30.3 Å². The molecule has 1 aliphatic rings. The van der Waals surface area contributed by atoms with Gasteiger partial charge in [-0.3, -0.25) is 0 Å². The molecule has 0 radical (unpaired) electrons. The standard InChI is InChI=1S/C29H35NO9S/c1-34-23-9-6-20(26(15-23)37-4)17-30(18-21-7-10-24(35-2)16-27(21)38-5)40(32,33)28-14-22(8-11-25(28)36-3)29(31)12-13-39-19-29/h6-11,14-16,31H,12-13,17-19H2,1-5H3. The third-order valence-electron chi connectivity index (χ3n) is 7.00. The number of aliphatic hydroxyl groups is 1. The monoisotopic (exact) mass is 573 g/mol. The lowest BCUT2D eigenvalue weighted by Crippen LogP contribution is -2.32. The third-order valence-corrected chi connectivity index (χ3v) is 8.81. The number of rotatable bonds is 12. The lowest BCUT2D eigenvalue weighted by molar-refractivity contribution is 0.0229. The second-order valence-electron chi connectivity index (χ2n) is 9.33. The van der Waals surface area contributed by atoms with Crippen LogP contribution in [0.3, 0.4) is 0 Å². The zero-order valence-corrected chi connectivity index (χ0v) is 24.1. The topological polar surface area (TPSA) is 113 Å². The minimum absolute atomic E-state index is 0.0363. The molecule has 0 aliphatic carbocycles. The first-order valence-corrected chi connectivity index (χ1v) is 14.0. The first kappa shape index (κ1) is 29.5. The molecule has 11 heteroatoms. The van der Waals surface area contributed by atoms with Crippen LogP contribution in [0.1, 0.15) is 23.1 Å². The maximum atomic E-state index is 14.4. The highest BCUT2D eigenvalue weighted by atomic mass is 32.2. The fraction of sp³-hybridized carbons (Fsp3) is 0.379. The van der Waals surface area contributed by atoms with Gasteiger partial charge in [0.25, 0.3) is 0 Å². The van der Waals surface area contributed by atoms with Gasteiger partial charge in [-0.25, -0.2) is 8.42 Å². The van der Waals surface area contributed by atoms with Crippen molar-refractivity contribution in [3.63, 3.8) is 0 Å². The molecule has 4 rings (SSSR count). The Hall–Kier alpha value is -3.51. The summed E-state index contributed by atoms with van der Waals surface area (Å²) < 4.78 is 62.8. The Labute approximate surface area is 235 Å². The Bertz CT molecular complexity index is 1380. The Morgan fingerprint density at radius 1 is 0.775 bits per heavy atom. The average Bonchev–Trinajstić information content (AvgIpc) is 3.44. The van der Waals surface area contributed by atoms with Crippen LogP contribution in [0.4, 0.5) is 0 Å². The number of hydrogen-bond donors (Lipinski definition) is 1. The Morgan fingerprint density at radius 3 is 1.77 bits per heavy atom. The van der Waals surface area contributed by atoms with Gasteiger partial charge in [0.2, 0.25) is 10.0 Å². The molecule has 0 amide bonds. The van der Waals surface area contributed by atoms with Gasteiger partial charge in [-0.05, 0) is 29.8 Å². The second-order valence-corrected chi connectivity index (χ2v) is 11.2. The van der Waals surface area contributed by atoms with Crippen molar-refractivity contribution in [3.8, 4) is 28.7 Å². The highest BCUT2D eigenvalue weighted by molar-refractivity contribution is 7.89. The van der Waals surface area contributed by atoms with Crippen LogP contribution in [0, 0.1) is 0 Å². The van der Waals surface area contributed by atoms with Crippen molar-refractivity contribution in [1.29, 1.82) is 0 Å². The van der Waals surface area contributed by atoms with E-state index < -0.39 is 15.6 Å². The summed E-state index contributed by atoms with van der Waals surface area (Å²) in [6, 6.07) is 15.1. The first-order valence-electron chi connectivity index (χ1n) is 12.6. The van der Waals surface area contributed by atoms with Gasteiger partial charge in [0, 0.05) is 49.4 Å². The molecule has 3 aromatic carbocycles. The molecule has 0 bridgehead atoms. The van der Waals surface area contributed by atoms with E-state index in [4.69, 9.17) is 28.4 Å². The van der Waals surface area contributed by atoms with E-state index in [0.29, 0.717) is 52.7 Å². The highest BCUT2D eigenvalue weighted by Crippen LogP contribution is 2.38. The van der Waals surface area contributed by atoms with Crippen molar-refractivity contribution in [2.24, 2.45) is 0 Å². The van der Waals surface area contributed by atoms with Gasteiger partial charge >= 0.3 is 0 Å². The van der Waals surface area contributed by atoms with E-state index >= 15 is 0 Å². The van der Waals surface area contributed by atoms with Gasteiger partial charge < -0.3 is 33.5 Å². The molecule has 1 unspecified atom stereocenters. The van der Waals surface area contributed by atoms with Crippen molar-refractivity contribution < 1.29 is 41.9 Å². The Morgan fingerprint density at radius 2 is 1.32 bits per heavy atom. The van der Waals surface area contributed by atoms with Crippen LogP contribution in [0.5, 0.6) is 28.7 Å². The molecule has 1 heterocycles. The van der Waals surface area contributed by atoms with Crippen LogP contribution in [0.15, 0.2) is 59.5 Å². The third kappa shape index (κ3) is 5.97. The van der Waals surface area contributed by atoms with Crippen LogP contribution in [0.2, 0.25) is 0 Å². The predicted molar refractivity (Wildman–Crippen MR) is 148 cm³/mol. The van der Waals surface area contributed by atoms with E-state index in [1.807, 2.05) is 0 Å². The largest absolute Gasteiger partial charge is 0.497 e. The molecule has 10 nitrogen and oxygen atoms in total. The van der Waals surface area contributed by atoms with Gasteiger partial charge in [0.05, 0.1) is 42.2 Å². The van der Waals surface area contributed by atoms with E-state index in [1.165, 1.54) is 31.7 Å². The molecule has 1 aliphatic heterocycles. The maximum absolute atomic E-state index is 14.4.